The van der Waals surface area contributed by atoms with Crippen LogP contribution in [0.1, 0.15) is 28.5 Å². The second-order valence-electron chi connectivity index (χ2n) is 6.81. The standard InChI is InChI=1S/C19H18ClN3O3S2/c1-12-4-5-13(9-15(12)20)21-19(24)16-10-17(18-3-2-7-27-18)23(22-16)14-6-8-28(25,26)11-14/h2-5,7,9-10,14H,6,8,11H2,1H3,(H,21,24). The van der Waals surface area contributed by atoms with Crippen molar-refractivity contribution in [3.05, 3.63) is 58.1 Å². The van der Waals surface area contributed by atoms with E-state index in [9.17, 15) is 13.2 Å². The molecule has 0 radical (unpaired) electrons. The Morgan fingerprint density at radius 2 is 2.14 bits per heavy atom. The number of hydrogen-bond acceptors (Lipinski definition) is 5. The molecule has 0 bridgehead atoms. The molecule has 28 heavy (non-hydrogen) atoms. The van der Waals surface area contributed by atoms with E-state index in [1.165, 1.54) is 11.3 Å². The normalized spacial score (nSPS) is 18.3. The molecule has 0 spiro atoms. The smallest absolute Gasteiger partial charge is 0.276 e. The molecule has 0 aliphatic carbocycles. The first-order valence-electron chi connectivity index (χ1n) is 8.74. The van der Waals surface area contributed by atoms with Gasteiger partial charge in [0.25, 0.3) is 5.91 Å². The van der Waals surface area contributed by atoms with Crippen LogP contribution in [0.5, 0.6) is 0 Å². The first kappa shape index (κ1) is 19.2. The Bertz CT molecular complexity index is 1140. The van der Waals surface area contributed by atoms with Crippen molar-refractivity contribution in [2.75, 3.05) is 16.8 Å². The van der Waals surface area contributed by atoms with Crippen molar-refractivity contribution in [1.82, 2.24) is 9.78 Å². The number of halogens is 1. The minimum Gasteiger partial charge on any atom is -0.321 e. The Morgan fingerprint density at radius 1 is 1.32 bits per heavy atom. The van der Waals surface area contributed by atoms with E-state index in [-0.39, 0.29) is 29.1 Å². The molecule has 1 N–H and O–H groups in total. The first-order valence-corrected chi connectivity index (χ1v) is 11.8. The van der Waals surface area contributed by atoms with Gasteiger partial charge in [0.2, 0.25) is 0 Å². The third-order valence-corrected chi connectivity index (χ3v) is 7.78. The molecule has 1 aromatic carbocycles. The molecular weight excluding hydrogens is 418 g/mol. The van der Waals surface area contributed by atoms with Gasteiger partial charge in [-0.05, 0) is 48.6 Å². The van der Waals surface area contributed by atoms with Gasteiger partial charge in [0.1, 0.15) is 0 Å². The van der Waals surface area contributed by atoms with Crippen molar-refractivity contribution in [3.8, 4) is 10.6 Å². The molecule has 1 aliphatic heterocycles. The fourth-order valence-corrected chi connectivity index (χ4v) is 5.83. The van der Waals surface area contributed by atoms with Gasteiger partial charge in [0.05, 0.1) is 28.1 Å². The molecule has 0 saturated carbocycles. The van der Waals surface area contributed by atoms with Crippen molar-refractivity contribution in [3.63, 3.8) is 0 Å². The second-order valence-corrected chi connectivity index (χ2v) is 10.4. The third-order valence-electron chi connectivity index (χ3n) is 4.73. The zero-order valence-electron chi connectivity index (χ0n) is 15.1. The van der Waals surface area contributed by atoms with E-state index in [2.05, 4.69) is 10.4 Å². The summed E-state index contributed by atoms with van der Waals surface area (Å²) in [6.45, 7) is 1.89. The summed E-state index contributed by atoms with van der Waals surface area (Å²) in [6.07, 6.45) is 0.497. The van der Waals surface area contributed by atoms with Crippen molar-refractivity contribution in [2.45, 2.75) is 19.4 Å². The molecule has 3 heterocycles. The molecule has 6 nitrogen and oxygen atoms in total. The lowest BCUT2D eigenvalue weighted by Crippen LogP contribution is -2.16. The molecule has 2 aromatic heterocycles. The predicted octanol–water partition coefficient (Wildman–Crippen LogP) is 4.19. The largest absolute Gasteiger partial charge is 0.321 e. The van der Waals surface area contributed by atoms with Gasteiger partial charge < -0.3 is 5.32 Å². The lowest BCUT2D eigenvalue weighted by molar-refractivity contribution is 0.102. The first-order chi connectivity index (χ1) is 13.3. The number of carbonyl (C=O) groups is 1. The van der Waals surface area contributed by atoms with Crippen LogP contribution in [0.2, 0.25) is 5.02 Å². The highest BCUT2D eigenvalue weighted by Gasteiger charge is 2.32. The highest BCUT2D eigenvalue weighted by molar-refractivity contribution is 7.91. The maximum Gasteiger partial charge on any atom is 0.276 e. The van der Waals surface area contributed by atoms with Crippen LogP contribution in [0.25, 0.3) is 10.6 Å². The quantitative estimate of drug-likeness (QED) is 0.666. The van der Waals surface area contributed by atoms with Crippen molar-refractivity contribution >= 4 is 44.4 Å². The summed E-state index contributed by atoms with van der Waals surface area (Å²) in [4.78, 5) is 13.7. The summed E-state index contributed by atoms with van der Waals surface area (Å²) in [5.41, 5.74) is 2.50. The molecule has 9 heteroatoms. The Balaban J connectivity index is 1.67. The number of hydrogen-bond donors (Lipinski definition) is 1. The topological polar surface area (TPSA) is 81.1 Å². The van der Waals surface area contributed by atoms with Gasteiger partial charge in [-0.15, -0.1) is 11.3 Å². The number of sulfone groups is 1. The highest BCUT2D eigenvalue weighted by Crippen LogP contribution is 2.32. The molecule has 1 atom stereocenters. The number of thiophene rings is 1. The van der Waals surface area contributed by atoms with Crippen LogP contribution >= 0.6 is 22.9 Å². The van der Waals surface area contributed by atoms with Crippen LogP contribution in [-0.2, 0) is 9.84 Å². The Kier molecular flexibility index (Phi) is 5.03. The number of amides is 1. The summed E-state index contributed by atoms with van der Waals surface area (Å²) >= 11 is 7.65. The average molecular weight is 436 g/mol. The molecule has 1 unspecified atom stereocenters. The number of anilines is 1. The summed E-state index contributed by atoms with van der Waals surface area (Å²) in [6, 6.07) is 10.6. The lowest BCUT2D eigenvalue weighted by Gasteiger charge is -2.12. The second kappa shape index (κ2) is 7.35. The van der Waals surface area contributed by atoms with Crippen LogP contribution in [0, 0.1) is 6.92 Å². The number of aromatic nitrogens is 2. The maximum atomic E-state index is 12.7. The van der Waals surface area contributed by atoms with Crippen LogP contribution in [0.3, 0.4) is 0 Å². The lowest BCUT2D eigenvalue weighted by atomic mass is 10.2. The number of aryl methyl sites for hydroxylation is 1. The van der Waals surface area contributed by atoms with Gasteiger partial charge in [-0.25, -0.2) is 8.42 Å². The number of nitrogens with zero attached hydrogens (tertiary/aromatic N) is 2. The minimum absolute atomic E-state index is 0.0433. The monoisotopic (exact) mass is 435 g/mol. The number of carbonyl (C=O) groups excluding carboxylic acids is 1. The van der Waals surface area contributed by atoms with Crippen LogP contribution in [0.4, 0.5) is 5.69 Å². The van der Waals surface area contributed by atoms with Gasteiger partial charge >= 0.3 is 0 Å². The molecule has 1 aliphatic rings. The van der Waals surface area contributed by atoms with E-state index in [1.54, 1.807) is 22.9 Å². The Hall–Kier alpha value is -2.16. The van der Waals surface area contributed by atoms with E-state index < -0.39 is 9.84 Å². The highest BCUT2D eigenvalue weighted by atomic mass is 35.5. The van der Waals surface area contributed by atoms with E-state index in [4.69, 9.17) is 11.6 Å². The Labute approximate surface area is 172 Å². The fourth-order valence-electron chi connectivity index (χ4n) is 3.23. The number of nitrogens with one attached hydrogen (secondary N) is 1. The van der Waals surface area contributed by atoms with Gasteiger partial charge in [-0.3, -0.25) is 9.48 Å². The predicted molar refractivity (Wildman–Crippen MR) is 112 cm³/mol. The summed E-state index contributed by atoms with van der Waals surface area (Å²) in [5, 5.41) is 9.77. The molecule has 1 saturated heterocycles. The zero-order chi connectivity index (χ0) is 19.9. The van der Waals surface area contributed by atoms with Crippen molar-refractivity contribution in [2.24, 2.45) is 0 Å². The molecule has 3 aromatic rings. The summed E-state index contributed by atoms with van der Waals surface area (Å²) in [5.74, 6) is -0.177. The molecule has 1 fully saturated rings. The fraction of sp³-hybridized carbons (Fsp3) is 0.263. The zero-order valence-corrected chi connectivity index (χ0v) is 17.4. The van der Waals surface area contributed by atoms with Crippen molar-refractivity contribution < 1.29 is 13.2 Å². The molecular formula is C19H18ClN3O3S2. The average Bonchev–Trinajstić information content (AvgIpc) is 3.36. The minimum atomic E-state index is -3.07. The number of benzene rings is 1. The van der Waals surface area contributed by atoms with Crippen LogP contribution in [0.15, 0.2) is 41.8 Å². The molecule has 1 amide bonds. The maximum absolute atomic E-state index is 12.7. The van der Waals surface area contributed by atoms with Gasteiger partial charge in [-0.1, -0.05) is 23.7 Å². The van der Waals surface area contributed by atoms with Crippen molar-refractivity contribution in [1.29, 1.82) is 0 Å². The van der Waals surface area contributed by atoms with Crippen LogP contribution < -0.4 is 5.32 Å². The van der Waals surface area contributed by atoms with Gasteiger partial charge in [0.15, 0.2) is 15.5 Å². The van der Waals surface area contributed by atoms with Crippen LogP contribution in [-0.4, -0.2) is 35.6 Å². The third kappa shape index (κ3) is 3.85. The van der Waals surface area contributed by atoms with Gasteiger partial charge in [-0.2, -0.15) is 5.10 Å². The van der Waals surface area contributed by atoms with Gasteiger partial charge in [0, 0.05) is 10.7 Å². The number of rotatable bonds is 4. The van der Waals surface area contributed by atoms with E-state index in [1.807, 2.05) is 30.5 Å². The summed E-state index contributed by atoms with van der Waals surface area (Å²) in [7, 11) is -3.07. The Morgan fingerprint density at radius 3 is 2.79 bits per heavy atom. The summed E-state index contributed by atoms with van der Waals surface area (Å²) < 4.78 is 25.5. The van der Waals surface area contributed by atoms with E-state index in [0.29, 0.717) is 17.1 Å². The molecule has 4 rings (SSSR count). The van der Waals surface area contributed by atoms with E-state index >= 15 is 0 Å². The molecule has 146 valence electrons. The SMILES string of the molecule is Cc1ccc(NC(=O)c2cc(-c3cccs3)n(C3CCS(=O)(=O)C3)n2)cc1Cl. The van der Waals surface area contributed by atoms with E-state index in [0.717, 1.165) is 16.1 Å².